The Labute approximate surface area is 132 Å². The molecular weight excluding hydrogens is 302 g/mol. The number of nitrogens with one attached hydrogen (secondary N) is 1. The topological polar surface area (TPSA) is 83.5 Å². The lowest BCUT2D eigenvalue weighted by molar-refractivity contribution is -0.150. The van der Waals surface area contributed by atoms with Crippen LogP contribution in [0.2, 0.25) is 0 Å². The van der Waals surface area contributed by atoms with Crippen LogP contribution in [0.1, 0.15) is 37.7 Å². The van der Waals surface area contributed by atoms with Gasteiger partial charge in [0.2, 0.25) is 5.91 Å². The Morgan fingerprint density at radius 1 is 1.32 bits per heavy atom. The van der Waals surface area contributed by atoms with Crippen LogP contribution in [0.3, 0.4) is 0 Å². The number of carbonyl (C=O) groups excluding carboxylic acids is 1. The second-order valence-electron chi connectivity index (χ2n) is 5.94. The predicted octanol–water partition coefficient (Wildman–Crippen LogP) is 2.54. The van der Waals surface area contributed by atoms with Crippen LogP contribution >= 0.6 is 0 Å². The summed E-state index contributed by atoms with van der Waals surface area (Å²) in [5, 5.41) is 12.2. The average molecular weight is 323 g/mol. The summed E-state index contributed by atoms with van der Waals surface area (Å²) in [5.41, 5.74) is 0.589. The van der Waals surface area contributed by atoms with Gasteiger partial charge in [-0.05, 0) is 30.5 Å². The lowest BCUT2D eigenvalue weighted by Gasteiger charge is -2.22. The van der Waals surface area contributed by atoms with E-state index in [1.807, 2.05) is 6.07 Å². The Bertz CT molecular complexity index is 594. The van der Waals surface area contributed by atoms with E-state index in [-0.39, 0.29) is 12.3 Å². The second-order valence-corrected chi connectivity index (χ2v) is 7.37. The fourth-order valence-electron chi connectivity index (χ4n) is 3.00. The molecular formula is C16H21NO4S. The van der Waals surface area contributed by atoms with Crippen molar-refractivity contribution < 1.29 is 18.9 Å². The van der Waals surface area contributed by atoms with E-state index in [0.717, 1.165) is 18.4 Å². The molecule has 5 nitrogen and oxygen atoms in total. The minimum absolute atomic E-state index is 0.00622. The first-order valence-corrected chi connectivity index (χ1v) is 9.06. The Morgan fingerprint density at radius 3 is 2.59 bits per heavy atom. The van der Waals surface area contributed by atoms with Gasteiger partial charge in [-0.1, -0.05) is 25.0 Å². The van der Waals surface area contributed by atoms with E-state index in [4.69, 9.17) is 0 Å². The molecule has 0 unspecified atom stereocenters. The average Bonchev–Trinajstić information content (AvgIpc) is 2.88. The number of amides is 1. The van der Waals surface area contributed by atoms with Crippen LogP contribution in [0, 0.1) is 5.41 Å². The van der Waals surface area contributed by atoms with Gasteiger partial charge in [-0.15, -0.1) is 0 Å². The van der Waals surface area contributed by atoms with E-state index in [1.54, 1.807) is 24.5 Å². The van der Waals surface area contributed by atoms with Gasteiger partial charge >= 0.3 is 5.97 Å². The molecule has 1 aliphatic rings. The molecule has 0 spiro atoms. The summed E-state index contributed by atoms with van der Waals surface area (Å²) in [7, 11) is -0.945. The molecule has 1 amide bonds. The molecule has 6 heteroatoms. The first-order chi connectivity index (χ1) is 10.4. The molecule has 1 atom stereocenters. The molecule has 0 heterocycles. The Kier molecular flexibility index (Phi) is 5.34. The number of carboxylic acids is 1. The van der Waals surface area contributed by atoms with E-state index in [2.05, 4.69) is 5.32 Å². The largest absolute Gasteiger partial charge is 0.481 e. The van der Waals surface area contributed by atoms with Crippen molar-refractivity contribution in [3.63, 3.8) is 0 Å². The van der Waals surface area contributed by atoms with E-state index in [9.17, 15) is 18.9 Å². The molecule has 0 radical (unpaired) electrons. The summed E-state index contributed by atoms with van der Waals surface area (Å²) in [6, 6.07) is 7.18. The summed E-state index contributed by atoms with van der Waals surface area (Å²) in [6.07, 6.45) is 4.47. The minimum Gasteiger partial charge on any atom is -0.481 e. The predicted molar refractivity (Wildman–Crippen MR) is 86.0 cm³/mol. The SMILES string of the molecule is C[S@@](=O)Cc1cccc(NC(=O)CC2(C(=O)O)CCCC2)c1. The molecule has 1 aromatic carbocycles. The van der Waals surface area contributed by atoms with Gasteiger partial charge in [-0.2, -0.15) is 0 Å². The van der Waals surface area contributed by atoms with Crippen LogP contribution in [-0.2, 0) is 26.1 Å². The van der Waals surface area contributed by atoms with Crippen molar-refractivity contribution in [2.24, 2.45) is 5.41 Å². The molecule has 2 N–H and O–H groups in total. The molecule has 1 fully saturated rings. The normalized spacial score (nSPS) is 17.9. The number of carboxylic acid groups (broad SMARTS) is 1. The molecule has 0 bridgehead atoms. The zero-order valence-corrected chi connectivity index (χ0v) is 13.4. The molecule has 1 aliphatic carbocycles. The van der Waals surface area contributed by atoms with Crippen molar-refractivity contribution in [2.45, 2.75) is 37.9 Å². The Balaban J connectivity index is 2.02. The maximum Gasteiger partial charge on any atom is 0.310 e. The van der Waals surface area contributed by atoms with E-state index in [1.165, 1.54) is 0 Å². The van der Waals surface area contributed by atoms with Gasteiger partial charge in [0.15, 0.2) is 0 Å². The highest BCUT2D eigenvalue weighted by molar-refractivity contribution is 7.83. The third-order valence-electron chi connectivity index (χ3n) is 4.09. The first-order valence-electron chi connectivity index (χ1n) is 7.33. The minimum atomic E-state index is -0.945. The molecule has 1 saturated carbocycles. The molecule has 0 aromatic heterocycles. The van der Waals surface area contributed by atoms with Gasteiger partial charge < -0.3 is 10.4 Å². The molecule has 22 heavy (non-hydrogen) atoms. The number of carbonyl (C=O) groups is 2. The Hall–Kier alpha value is -1.69. The van der Waals surface area contributed by atoms with E-state index < -0.39 is 22.2 Å². The monoisotopic (exact) mass is 323 g/mol. The van der Waals surface area contributed by atoms with Crippen molar-refractivity contribution in [2.75, 3.05) is 11.6 Å². The lowest BCUT2D eigenvalue weighted by Crippen LogP contribution is -2.32. The summed E-state index contributed by atoms with van der Waals surface area (Å²) < 4.78 is 11.3. The number of benzene rings is 1. The van der Waals surface area contributed by atoms with Crippen LogP contribution in [0.5, 0.6) is 0 Å². The van der Waals surface area contributed by atoms with Crippen molar-refractivity contribution in [1.82, 2.24) is 0 Å². The first kappa shape index (κ1) is 16.7. The van der Waals surface area contributed by atoms with E-state index >= 15 is 0 Å². The van der Waals surface area contributed by atoms with Gasteiger partial charge in [0.1, 0.15) is 0 Å². The summed E-state index contributed by atoms with van der Waals surface area (Å²) >= 11 is 0. The molecule has 0 aliphatic heterocycles. The van der Waals surface area contributed by atoms with Crippen molar-refractivity contribution in [3.8, 4) is 0 Å². The maximum atomic E-state index is 12.2. The number of aliphatic carboxylic acids is 1. The van der Waals surface area contributed by atoms with E-state index in [0.29, 0.717) is 24.3 Å². The number of rotatable bonds is 6. The van der Waals surface area contributed by atoms with Gasteiger partial charge in [-0.25, -0.2) is 0 Å². The highest BCUT2D eigenvalue weighted by atomic mass is 32.2. The fraction of sp³-hybridized carbons (Fsp3) is 0.500. The fourth-order valence-corrected chi connectivity index (χ4v) is 3.65. The highest BCUT2D eigenvalue weighted by Gasteiger charge is 2.42. The smallest absolute Gasteiger partial charge is 0.310 e. The highest BCUT2D eigenvalue weighted by Crippen LogP contribution is 2.41. The zero-order chi connectivity index (χ0) is 16.2. The van der Waals surface area contributed by atoms with Gasteiger partial charge in [-0.3, -0.25) is 13.8 Å². The van der Waals surface area contributed by atoms with Gasteiger partial charge in [0.25, 0.3) is 0 Å². The number of hydrogen-bond donors (Lipinski definition) is 2. The quantitative estimate of drug-likeness (QED) is 0.842. The van der Waals surface area contributed by atoms with Crippen LogP contribution in [-0.4, -0.2) is 27.4 Å². The van der Waals surface area contributed by atoms with Gasteiger partial charge in [0, 0.05) is 34.9 Å². The number of hydrogen-bond acceptors (Lipinski definition) is 3. The summed E-state index contributed by atoms with van der Waals surface area (Å²) in [5.74, 6) is -0.725. The zero-order valence-electron chi connectivity index (χ0n) is 12.6. The van der Waals surface area contributed by atoms with Crippen LogP contribution in [0.4, 0.5) is 5.69 Å². The lowest BCUT2D eigenvalue weighted by atomic mass is 9.82. The maximum absolute atomic E-state index is 12.2. The van der Waals surface area contributed by atoms with Crippen LogP contribution < -0.4 is 5.32 Å². The van der Waals surface area contributed by atoms with Crippen molar-refractivity contribution in [1.29, 1.82) is 0 Å². The molecule has 0 saturated heterocycles. The molecule has 1 aromatic rings. The number of anilines is 1. The Morgan fingerprint density at radius 2 is 2.00 bits per heavy atom. The molecule has 2 rings (SSSR count). The van der Waals surface area contributed by atoms with Crippen LogP contribution in [0.25, 0.3) is 0 Å². The summed E-state index contributed by atoms with van der Waals surface area (Å²) in [6.45, 7) is 0. The van der Waals surface area contributed by atoms with Gasteiger partial charge in [0.05, 0.1) is 5.41 Å². The van der Waals surface area contributed by atoms with Crippen LogP contribution in [0.15, 0.2) is 24.3 Å². The second kappa shape index (κ2) is 7.05. The van der Waals surface area contributed by atoms with Crippen molar-refractivity contribution in [3.05, 3.63) is 29.8 Å². The summed E-state index contributed by atoms with van der Waals surface area (Å²) in [4.78, 5) is 23.7. The third-order valence-corrected chi connectivity index (χ3v) is 4.83. The van der Waals surface area contributed by atoms with Crippen molar-refractivity contribution >= 4 is 28.4 Å². The molecule has 120 valence electrons. The standard InChI is InChI=1S/C16H21NO4S/c1-22(21)11-12-5-4-6-13(9-12)17-14(18)10-16(15(19)20)7-2-3-8-16/h4-6,9H,2-3,7-8,10-11H2,1H3,(H,17,18)(H,19,20)/t22-/m1/s1. The third kappa shape index (κ3) is 4.16.